The molecule has 1 aromatic heterocycles. The second-order valence-electron chi connectivity index (χ2n) is 9.90. The summed E-state index contributed by atoms with van der Waals surface area (Å²) < 4.78 is 7.03. The van der Waals surface area contributed by atoms with E-state index in [0.717, 1.165) is 11.1 Å². The molecule has 0 unspecified atom stereocenters. The predicted octanol–water partition coefficient (Wildman–Crippen LogP) is 4.69. The highest BCUT2D eigenvalue weighted by Crippen LogP contribution is 2.33. The van der Waals surface area contributed by atoms with Crippen LogP contribution in [0.1, 0.15) is 44.9 Å². The summed E-state index contributed by atoms with van der Waals surface area (Å²) in [5.41, 5.74) is 3.22. The van der Waals surface area contributed by atoms with Crippen molar-refractivity contribution in [1.29, 1.82) is 0 Å². The molecule has 2 amide bonds. The summed E-state index contributed by atoms with van der Waals surface area (Å²) in [6, 6.07) is 21.5. The first-order valence-electron chi connectivity index (χ1n) is 12.4. The molecule has 0 aliphatic heterocycles. The van der Waals surface area contributed by atoms with Crippen molar-refractivity contribution in [2.45, 2.75) is 52.2 Å². The molecule has 1 N–H and O–H groups in total. The molecule has 1 heterocycles. The smallest absolute Gasteiger partial charge is 0.249 e. The van der Waals surface area contributed by atoms with Crippen molar-refractivity contribution in [2.75, 3.05) is 12.0 Å². The number of carbonyl (C=O) groups is 2. The number of para-hydroxylation sites is 2. The van der Waals surface area contributed by atoms with Gasteiger partial charge in [-0.15, -0.1) is 5.10 Å². The fourth-order valence-corrected chi connectivity index (χ4v) is 4.37. The number of carbonyl (C=O) groups excluding carboxylic acids is 2. The monoisotopic (exact) mass is 499 g/mol. The maximum absolute atomic E-state index is 14.2. The van der Waals surface area contributed by atoms with Crippen LogP contribution in [-0.2, 0) is 22.6 Å². The topological polar surface area (TPSA) is 89.4 Å². The third-order valence-electron chi connectivity index (χ3n) is 6.02. The Kier molecular flexibility index (Phi) is 7.57. The predicted molar refractivity (Wildman–Crippen MR) is 144 cm³/mol. The van der Waals surface area contributed by atoms with Crippen LogP contribution in [-0.4, -0.2) is 39.5 Å². The van der Waals surface area contributed by atoms with Gasteiger partial charge in [0.2, 0.25) is 11.8 Å². The van der Waals surface area contributed by atoms with Crippen molar-refractivity contribution in [1.82, 2.24) is 20.3 Å². The Balaban J connectivity index is 1.87. The van der Waals surface area contributed by atoms with E-state index in [9.17, 15) is 9.59 Å². The van der Waals surface area contributed by atoms with Gasteiger partial charge in [-0.05, 0) is 68.7 Å². The van der Waals surface area contributed by atoms with Crippen LogP contribution in [0.15, 0.2) is 72.8 Å². The van der Waals surface area contributed by atoms with Crippen molar-refractivity contribution in [3.05, 3.63) is 83.9 Å². The number of aromatic nitrogens is 3. The summed E-state index contributed by atoms with van der Waals surface area (Å²) >= 11 is 0. The van der Waals surface area contributed by atoms with Gasteiger partial charge in [-0.3, -0.25) is 14.5 Å². The van der Waals surface area contributed by atoms with Gasteiger partial charge in [0.25, 0.3) is 0 Å². The van der Waals surface area contributed by atoms with Gasteiger partial charge in [0.15, 0.2) is 0 Å². The molecule has 1 atom stereocenters. The van der Waals surface area contributed by atoms with Crippen molar-refractivity contribution in [2.24, 2.45) is 0 Å². The summed E-state index contributed by atoms with van der Waals surface area (Å²) in [7, 11) is 1.58. The number of fused-ring (bicyclic) bond motifs is 1. The number of benzene rings is 3. The molecule has 4 aromatic rings. The number of hydrogen-bond acceptors (Lipinski definition) is 5. The van der Waals surface area contributed by atoms with Gasteiger partial charge in [0, 0.05) is 11.2 Å². The van der Waals surface area contributed by atoms with E-state index in [1.54, 1.807) is 22.8 Å². The summed E-state index contributed by atoms with van der Waals surface area (Å²) in [4.78, 5) is 29.7. The number of nitrogens with one attached hydrogen (secondary N) is 1. The van der Waals surface area contributed by atoms with Crippen LogP contribution in [0.25, 0.3) is 11.0 Å². The molecule has 0 aliphatic rings. The van der Waals surface area contributed by atoms with E-state index in [2.05, 4.69) is 15.6 Å². The lowest BCUT2D eigenvalue weighted by molar-refractivity contribution is -0.128. The second-order valence-corrected chi connectivity index (χ2v) is 9.90. The fraction of sp³-hybridized carbons (Fsp3) is 0.310. The van der Waals surface area contributed by atoms with E-state index in [1.807, 2.05) is 94.4 Å². The summed E-state index contributed by atoms with van der Waals surface area (Å²) in [6.07, 6.45) is 0.692. The Morgan fingerprint density at radius 1 is 1.03 bits per heavy atom. The summed E-state index contributed by atoms with van der Waals surface area (Å²) in [6.45, 7) is 7.70. The lowest BCUT2D eigenvalue weighted by Gasteiger charge is -2.35. The van der Waals surface area contributed by atoms with Crippen LogP contribution in [0, 0.1) is 0 Å². The SMILES string of the molecule is CCc1ccccc1N(C(=O)Cn1nnc2ccccc21)[C@H](C(=O)NC(C)(C)C)c1cccc(OC)c1. The van der Waals surface area contributed by atoms with Crippen molar-refractivity contribution in [3.8, 4) is 5.75 Å². The number of aryl methyl sites for hydroxylation is 1. The molecule has 8 heteroatoms. The lowest BCUT2D eigenvalue weighted by Crippen LogP contribution is -2.50. The molecule has 37 heavy (non-hydrogen) atoms. The van der Waals surface area contributed by atoms with Gasteiger partial charge < -0.3 is 10.1 Å². The molecule has 0 fully saturated rings. The Morgan fingerprint density at radius 3 is 2.49 bits per heavy atom. The number of hydrogen-bond donors (Lipinski definition) is 1. The zero-order valence-corrected chi connectivity index (χ0v) is 21.9. The van der Waals surface area contributed by atoms with Crippen LogP contribution in [0.2, 0.25) is 0 Å². The lowest BCUT2D eigenvalue weighted by atomic mass is 9.99. The average molecular weight is 500 g/mol. The Labute approximate surface area is 217 Å². The quantitative estimate of drug-likeness (QED) is 0.380. The van der Waals surface area contributed by atoms with Crippen LogP contribution < -0.4 is 15.0 Å². The van der Waals surface area contributed by atoms with Gasteiger partial charge >= 0.3 is 0 Å². The normalized spacial score (nSPS) is 12.2. The number of ether oxygens (including phenoxy) is 1. The molecule has 3 aromatic carbocycles. The minimum absolute atomic E-state index is 0.0815. The molecule has 0 bridgehead atoms. The van der Waals surface area contributed by atoms with Crippen molar-refractivity contribution < 1.29 is 14.3 Å². The molecule has 8 nitrogen and oxygen atoms in total. The Hall–Kier alpha value is -4.20. The highest BCUT2D eigenvalue weighted by Gasteiger charge is 2.35. The minimum Gasteiger partial charge on any atom is -0.497 e. The van der Waals surface area contributed by atoms with E-state index >= 15 is 0 Å². The highest BCUT2D eigenvalue weighted by atomic mass is 16.5. The number of anilines is 1. The van der Waals surface area contributed by atoms with Crippen molar-refractivity contribution >= 4 is 28.5 Å². The minimum atomic E-state index is -0.940. The Bertz CT molecular complexity index is 1410. The average Bonchev–Trinajstić information content (AvgIpc) is 3.28. The van der Waals surface area contributed by atoms with Gasteiger partial charge in [-0.1, -0.05) is 54.6 Å². The molecule has 0 aliphatic carbocycles. The largest absolute Gasteiger partial charge is 0.497 e. The number of amides is 2. The van der Waals surface area contributed by atoms with E-state index < -0.39 is 11.6 Å². The third kappa shape index (κ3) is 5.80. The van der Waals surface area contributed by atoms with Crippen LogP contribution in [0.4, 0.5) is 5.69 Å². The van der Waals surface area contributed by atoms with E-state index in [0.29, 0.717) is 28.9 Å². The van der Waals surface area contributed by atoms with Crippen LogP contribution in [0.3, 0.4) is 0 Å². The van der Waals surface area contributed by atoms with E-state index in [1.165, 1.54) is 0 Å². The fourth-order valence-electron chi connectivity index (χ4n) is 4.37. The van der Waals surface area contributed by atoms with Gasteiger partial charge in [-0.25, -0.2) is 4.68 Å². The van der Waals surface area contributed by atoms with Crippen LogP contribution in [0.5, 0.6) is 5.75 Å². The third-order valence-corrected chi connectivity index (χ3v) is 6.02. The number of methoxy groups -OCH3 is 1. The summed E-state index contributed by atoms with van der Waals surface area (Å²) in [5.74, 6) is 0.0291. The standard InChI is InChI=1S/C29H33N5O3/c1-6-20-12-7-9-16-24(20)34(26(35)19-33-25-17-10-8-15-23(25)31-32-33)27(28(36)30-29(2,3)4)21-13-11-14-22(18-21)37-5/h7-18,27H,6,19H2,1-5H3,(H,30,36)/t27-/m0/s1. The van der Waals surface area contributed by atoms with E-state index in [4.69, 9.17) is 4.74 Å². The molecule has 4 rings (SSSR count). The molecule has 0 saturated heterocycles. The number of rotatable bonds is 8. The molecule has 0 saturated carbocycles. The molecule has 0 radical (unpaired) electrons. The number of nitrogens with zero attached hydrogens (tertiary/aromatic N) is 4. The molecular weight excluding hydrogens is 466 g/mol. The first kappa shape index (κ1) is 25.9. The highest BCUT2D eigenvalue weighted by molar-refractivity contribution is 6.02. The van der Waals surface area contributed by atoms with Gasteiger partial charge in [-0.2, -0.15) is 0 Å². The van der Waals surface area contributed by atoms with Gasteiger partial charge in [0.1, 0.15) is 23.9 Å². The zero-order valence-electron chi connectivity index (χ0n) is 21.9. The maximum atomic E-state index is 14.2. The van der Waals surface area contributed by atoms with Gasteiger partial charge in [0.05, 0.1) is 12.6 Å². The first-order valence-corrected chi connectivity index (χ1v) is 12.4. The molecule has 0 spiro atoms. The first-order chi connectivity index (χ1) is 17.7. The molecular formula is C29H33N5O3. The van der Waals surface area contributed by atoms with E-state index in [-0.39, 0.29) is 18.4 Å². The zero-order chi connectivity index (χ0) is 26.6. The maximum Gasteiger partial charge on any atom is 0.249 e. The van der Waals surface area contributed by atoms with Crippen LogP contribution >= 0.6 is 0 Å². The summed E-state index contributed by atoms with van der Waals surface area (Å²) in [5, 5.41) is 11.5. The van der Waals surface area contributed by atoms with Crippen molar-refractivity contribution in [3.63, 3.8) is 0 Å². The molecule has 192 valence electrons. The second kappa shape index (κ2) is 10.8. The Morgan fingerprint density at radius 2 is 1.76 bits per heavy atom.